The van der Waals surface area contributed by atoms with E-state index in [9.17, 15) is 30.7 Å². The van der Waals surface area contributed by atoms with Crippen LogP contribution in [0.1, 0.15) is 0 Å². The van der Waals surface area contributed by atoms with Crippen molar-refractivity contribution in [2.24, 2.45) is 0 Å². The second-order valence-electron chi connectivity index (χ2n) is 2.47. The Morgan fingerprint density at radius 2 is 1.50 bits per heavy atom. The molecule has 0 saturated heterocycles. The number of hydrogen-bond donors (Lipinski definition) is 0. The Bertz CT molecular complexity index is 215. The van der Waals surface area contributed by atoms with Crippen LogP contribution < -0.4 is 0 Å². The molecular formula is C6H6F7N. The molecule has 0 aromatic heterocycles. The van der Waals surface area contributed by atoms with E-state index in [0.717, 1.165) is 0 Å². The van der Waals surface area contributed by atoms with Crippen molar-refractivity contribution >= 4 is 0 Å². The molecule has 0 aromatic carbocycles. The number of likely N-dealkylation sites (N-methyl/N-ethyl adjacent to an activating group) is 1. The van der Waals surface area contributed by atoms with Crippen molar-refractivity contribution in [3.63, 3.8) is 0 Å². The molecule has 0 aliphatic rings. The van der Waals surface area contributed by atoms with E-state index in [4.69, 9.17) is 0 Å². The lowest BCUT2D eigenvalue weighted by Crippen LogP contribution is -2.50. The van der Waals surface area contributed by atoms with Crippen LogP contribution >= 0.6 is 0 Å². The van der Waals surface area contributed by atoms with Crippen molar-refractivity contribution in [2.45, 2.75) is 18.5 Å². The number of alkyl halides is 6. The summed E-state index contributed by atoms with van der Waals surface area (Å²) >= 11 is 0. The molecule has 0 amide bonds. The highest BCUT2D eigenvalue weighted by molar-refractivity contribution is 5.01. The maximum Gasteiger partial charge on any atom is 0.460 e. The SMILES string of the molecule is C=C(F)C(N(C)C(F)(F)F)C(F)(F)F. The first-order chi connectivity index (χ1) is 5.98. The molecule has 84 valence electrons. The molecular weight excluding hydrogens is 219 g/mol. The molecule has 1 nitrogen and oxygen atoms in total. The second kappa shape index (κ2) is 3.76. The van der Waals surface area contributed by atoms with Crippen LogP contribution in [0.2, 0.25) is 0 Å². The lowest BCUT2D eigenvalue weighted by atomic mass is 10.2. The zero-order chi connectivity index (χ0) is 11.7. The molecule has 8 heteroatoms. The van der Waals surface area contributed by atoms with Crippen LogP contribution in [0, 0.1) is 0 Å². The molecule has 1 atom stereocenters. The maximum atomic E-state index is 12.2. The minimum absolute atomic E-state index is 0.100. The molecule has 0 aromatic rings. The number of rotatable bonds is 2. The first kappa shape index (κ1) is 13.2. The molecule has 0 fully saturated rings. The molecule has 14 heavy (non-hydrogen) atoms. The van der Waals surface area contributed by atoms with Gasteiger partial charge in [-0.1, -0.05) is 6.58 Å². The summed E-state index contributed by atoms with van der Waals surface area (Å²) in [6.45, 7) is 2.23. The van der Waals surface area contributed by atoms with Crippen LogP contribution in [0.25, 0.3) is 0 Å². The van der Waals surface area contributed by atoms with E-state index >= 15 is 0 Å². The summed E-state index contributed by atoms with van der Waals surface area (Å²) in [7, 11) is 0.100. The predicted octanol–water partition coefficient (Wildman–Crippen LogP) is 2.85. The zero-order valence-corrected chi connectivity index (χ0v) is 6.88. The third-order valence-corrected chi connectivity index (χ3v) is 1.39. The third-order valence-electron chi connectivity index (χ3n) is 1.39. The van der Waals surface area contributed by atoms with Gasteiger partial charge in [-0.05, 0) is 7.05 Å². The summed E-state index contributed by atoms with van der Waals surface area (Å²) in [6, 6.07) is -3.36. The number of hydrogen-bond acceptors (Lipinski definition) is 1. The predicted molar refractivity (Wildman–Crippen MR) is 33.9 cm³/mol. The van der Waals surface area contributed by atoms with Gasteiger partial charge < -0.3 is 0 Å². The van der Waals surface area contributed by atoms with Gasteiger partial charge in [0, 0.05) is 0 Å². The number of nitrogens with zero attached hydrogens (tertiary/aromatic N) is 1. The molecule has 0 radical (unpaired) electrons. The van der Waals surface area contributed by atoms with E-state index in [1.54, 1.807) is 0 Å². The van der Waals surface area contributed by atoms with Gasteiger partial charge in [0.25, 0.3) is 0 Å². The molecule has 0 N–H and O–H groups in total. The fourth-order valence-corrected chi connectivity index (χ4v) is 0.754. The van der Waals surface area contributed by atoms with Crippen molar-refractivity contribution in [2.75, 3.05) is 7.05 Å². The Labute approximate surface area is 74.8 Å². The average Bonchev–Trinajstić information content (AvgIpc) is 1.79. The standard InChI is InChI=1S/C6H6F7N/c1-3(7)4(5(8,9)10)14(2)6(11,12)13/h4H,1H2,2H3. The first-order valence-electron chi connectivity index (χ1n) is 3.18. The zero-order valence-electron chi connectivity index (χ0n) is 6.88. The van der Waals surface area contributed by atoms with Crippen molar-refractivity contribution < 1.29 is 30.7 Å². The minimum atomic E-state index is -5.35. The summed E-state index contributed by atoms with van der Waals surface area (Å²) in [5.74, 6) is -2.10. The summed E-state index contributed by atoms with van der Waals surface area (Å²) in [5, 5.41) is 0. The van der Waals surface area contributed by atoms with Gasteiger partial charge in [-0.2, -0.15) is 31.2 Å². The normalized spacial score (nSPS) is 15.8. The van der Waals surface area contributed by atoms with Gasteiger partial charge in [-0.25, -0.2) is 4.39 Å². The minimum Gasteiger partial charge on any atom is -0.210 e. The van der Waals surface area contributed by atoms with Gasteiger partial charge in [0.1, 0.15) is 5.83 Å². The molecule has 0 aliphatic carbocycles. The van der Waals surface area contributed by atoms with E-state index in [1.807, 2.05) is 0 Å². The first-order valence-corrected chi connectivity index (χ1v) is 3.18. The highest BCUT2D eigenvalue weighted by atomic mass is 19.4. The summed E-state index contributed by atoms with van der Waals surface area (Å²) < 4.78 is 83.3. The van der Waals surface area contributed by atoms with Gasteiger partial charge >= 0.3 is 12.5 Å². The fourth-order valence-electron chi connectivity index (χ4n) is 0.754. The fraction of sp³-hybridized carbons (Fsp3) is 0.667. The Kier molecular flexibility index (Phi) is 3.54. The van der Waals surface area contributed by atoms with E-state index in [0.29, 0.717) is 0 Å². The molecule has 0 heterocycles. The maximum absolute atomic E-state index is 12.2. The van der Waals surface area contributed by atoms with E-state index in [2.05, 4.69) is 6.58 Å². The van der Waals surface area contributed by atoms with Crippen LogP contribution in [0.15, 0.2) is 12.4 Å². The second-order valence-corrected chi connectivity index (χ2v) is 2.47. The molecule has 0 saturated carbocycles. The van der Waals surface area contributed by atoms with Crippen LogP contribution in [-0.4, -0.2) is 30.5 Å². The van der Waals surface area contributed by atoms with Crippen LogP contribution in [0.4, 0.5) is 30.7 Å². The molecule has 0 bridgehead atoms. The Morgan fingerprint density at radius 1 is 1.14 bits per heavy atom. The monoisotopic (exact) mass is 225 g/mol. The third kappa shape index (κ3) is 3.17. The largest absolute Gasteiger partial charge is 0.460 e. The molecule has 0 rings (SSSR count). The van der Waals surface area contributed by atoms with Crippen molar-refractivity contribution in [3.8, 4) is 0 Å². The van der Waals surface area contributed by atoms with Gasteiger partial charge in [0.15, 0.2) is 6.04 Å². The average molecular weight is 225 g/mol. The quantitative estimate of drug-likeness (QED) is 0.516. The van der Waals surface area contributed by atoms with E-state index in [1.165, 1.54) is 0 Å². The van der Waals surface area contributed by atoms with Gasteiger partial charge in [0.2, 0.25) is 0 Å². The van der Waals surface area contributed by atoms with Crippen LogP contribution in [0.5, 0.6) is 0 Å². The van der Waals surface area contributed by atoms with Crippen molar-refractivity contribution in [3.05, 3.63) is 12.4 Å². The Balaban J connectivity index is 4.96. The van der Waals surface area contributed by atoms with Gasteiger partial charge in [-0.3, -0.25) is 0 Å². The summed E-state index contributed by atoms with van der Waals surface area (Å²) in [4.78, 5) is -1.09. The Morgan fingerprint density at radius 3 is 1.57 bits per heavy atom. The van der Waals surface area contributed by atoms with Crippen LogP contribution in [0.3, 0.4) is 0 Å². The smallest absolute Gasteiger partial charge is 0.210 e. The molecule has 0 spiro atoms. The summed E-state index contributed by atoms with van der Waals surface area (Å²) in [5.41, 5.74) is 0. The van der Waals surface area contributed by atoms with Crippen LogP contribution in [-0.2, 0) is 0 Å². The van der Waals surface area contributed by atoms with Crippen molar-refractivity contribution in [1.29, 1.82) is 0 Å². The topological polar surface area (TPSA) is 3.24 Å². The lowest BCUT2D eigenvalue weighted by molar-refractivity contribution is -0.288. The lowest BCUT2D eigenvalue weighted by Gasteiger charge is -2.29. The van der Waals surface area contributed by atoms with E-state index in [-0.39, 0.29) is 7.05 Å². The highest BCUT2D eigenvalue weighted by Crippen LogP contribution is 2.34. The van der Waals surface area contributed by atoms with Crippen molar-refractivity contribution in [1.82, 2.24) is 4.90 Å². The van der Waals surface area contributed by atoms with Gasteiger partial charge in [-0.15, -0.1) is 0 Å². The summed E-state index contributed by atoms with van der Waals surface area (Å²) in [6.07, 6.45) is -10.6. The Hall–Kier alpha value is -0.790. The highest BCUT2D eigenvalue weighted by Gasteiger charge is 2.52. The molecule has 1 unspecified atom stereocenters. The molecule has 0 aliphatic heterocycles. The van der Waals surface area contributed by atoms with E-state index < -0.39 is 29.2 Å². The van der Waals surface area contributed by atoms with Gasteiger partial charge in [0.05, 0.1) is 0 Å². The number of halogens is 7.